The quantitative estimate of drug-likeness (QED) is 0.0377. The molecule has 0 atom stereocenters. The molecule has 8 rings (SSSR count). The topological polar surface area (TPSA) is 344 Å². The van der Waals surface area contributed by atoms with E-state index in [9.17, 15) is 61.5 Å². The van der Waals surface area contributed by atoms with Gasteiger partial charge in [-0.05, 0) is 82.9 Å². The molecule has 6 N–H and O–H groups in total. The highest BCUT2D eigenvalue weighted by Gasteiger charge is 2.38. The number of nitrogens with one attached hydrogen (secondary N) is 2. The molecule has 6 aromatic rings. The molecule has 0 aliphatic heterocycles. The maximum Gasteiger partial charge on any atom is 0.296 e. The predicted molar refractivity (Wildman–Crippen MR) is 255 cm³/mol. The van der Waals surface area contributed by atoms with Gasteiger partial charge in [0.2, 0.25) is 11.6 Å². The van der Waals surface area contributed by atoms with Crippen molar-refractivity contribution in [2.24, 2.45) is 20.4 Å². The molecule has 70 heavy (non-hydrogen) atoms. The number of rotatable bonds is 13. The standard InChI is InChI=1S/C44H32N6O16S4/c1-65-33-19-23(24-14-16-32(34(20-24)66-2)48-50-42-38(70(62,63)64)22-26-8-6-12-36(68(56,57)58)40(26)44(42)52)13-15-31(33)47-45-29-17-18-30(28-10-4-3-9-27(28)29)46-49-41-37(69(59,60)61)21-25-7-5-11-35(67(53,54)55)39(25)43(41)51/h3-22,46,48H,1-2H3,(H,53,54,55)(H,56,57,58)(H,59,60,61)(H,62,63,64). The molecule has 0 bridgehead atoms. The smallest absolute Gasteiger partial charge is 0.296 e. The summed E-state index contributed by atoms with van der Waals surface area (Å²) in [7, 11) is -17.3. The molecule has 2 aliphatic carbocycles. The number of hydrogen-bond acceptors (Lipinski definition) is 18. The number of nitrogens with zero attached hydrogens (tertiary/aromatic N) is 4. The van der Waals surface area contributed by atoms with Gasteiger partial charge in [0, 0.05) is 10.8 Å². The number of anilines is 2. The lowest BCUT2D eigenvalue weighted by Gasteiger charge is -2.18. The van der Waals surface area contributed by atoms with Crippen molar-refractivity contribution in [2.45, 2.75) is 9.79 Å². The van der Waals surface area contributed by atoms with Crippen molar-refractivity contribution in [2.75, 3.05) is 25.1 Å². The number of azo groups is 1. The second-order valence-electron chi connectivity index (χ2n) is 14.8. The average molecular weight is 1030 g/mol. The maximum absolute atomic E-state index is 13.6. The van der Waals surface area contributed by atoms with E-state index in [4.69, 9.17) is 9.47 Å². The highest BCUT2D eigenvalue weighted by atomic mass is 32.2. The van der Waals surface area contributed by atoms with Crippen LogP contribution in [0.4, 0.5) is 22.7 Å². The zero-order valence-electron chi connectivity index (χ0n) is 35.7. The summed E-state index contributed by atoms with van der Waals surface area (Å²) < 4.78 is 148. The van der Waals surface area contributed by atoms with Crippen LogP contribution >= 0.6 is 0 Å². The zero-order chi connectivity index (χ0) is 50.5. The molecule has 358 valence electrons. The summed E-state index contributed by atoms with van der Waals surface area (Å²) in [5.74, 6) is -2.02. The van der Waals surface area contributed by atoms with E-state index in [0.717, 1.165) is 24.3 Å². The number of Topliss-reactive ketones (excluding diaryl/α,β-unsaturated/α-hetero) is 2. The second-order valence-corrected chi connectivity index (χ2v) is 20.4. The third-order valence-electron chi connectivity index (χ3n) is 10.6. The van der Waals surface area contributed by atoms with Crippen LogP contribution in [0.5, 0.6) is 11.5 Å². The van der Waals surface area contributed by atoms with Crippen LogP contribution in [0.15, 0.2) is 149 Å². The Morgan fingerprint density at radius 1 is 0.471 bits per heavy atom. The van der Waals surface area contributed by atoms with Crippen LogP contribution in [-0.4, -0.2) is 89.1 Å². The van der Waals surface area contributed by atoms with Gasteiger partial charge in [0.25, 0.3) is 40.5 Å². The summed E-state index contributed by atoms with van der Waals surface area (Å²) in [6, 6.07) is 26.1. The van der Waals surface area contributed by atoms with E-state index in [1.807, 2.05) is 0 Å². The van der Waals surface area contributed by atoms with E-state index in [1.165, 1.54) is 56.7 Å². The first kappa shape index (κ1) is 48.6. The number of methoxy groups -OCH3 is 2. The Labute approximate surface area is 397 Å². The van der Waals surface area contributed by atoms with Gasteiger partial charge in [0.05, 0.1) is 42.4 Å². The molecular formula is C44H32N6O16S4. The summed E-state index contributed by atoms with van der Waals surface area (Å²) in [4.78, 5) is 23.7. The van der Waals surface area contributed by atoms with E-state index in [1.54, 1.807) is 54.6 Å². The molecule has 0 amide bonds. The Balaban J connectivity index is 1.06. The monoisotopic (exact) mass is 1030 g/mol. The summed E-state index contributed by atoms with van der Waals surface area (Å²) >= 11 is 0. The molecule has 0 saturated carbocycles. The molecule has 0 unspecified atom stereocenters. The van der Waals surface area contributed by atoms with Crippen LogP contribution < -0.4 is 20.3 Å². The lowest BCUT2D eigenvalue weighted by molar-refractivity contribution is 0.105. The fourth-order valence-corrected chi connectivity index (χ4v) is 10.2. The molecule has 22 nitrogen and oxygen atoms in total. The van der Waals surface area contributed by atoms with Crippen LogP contribution in [0.2, 0.25) is 0 Å². The van der Waals surface area contributed by atoms with Crippen LogP contribution in [0, 0.1) is 0 Å². The van der Waals surface area contributed by atoms with Gasteiger partial charge >= 0.3 is 0 Å². The molecule has 0 spiro atoms. The minimum atomic E-state index is -5.09. The van der Waals surface area contributed by atoms with Crippen molar-refractivity contribution in [3.63, 3.8) is 0 Å². The van der Waals surface area contributed by atoms with E-state index in [-0.39, 0.29) is 39.7 Å². The Hall–Kier alpha value is -7.82. The van der Waals surface area contributed by atoms with Crippen molar-refractivity contribution in [3.05, 3.63) is 141 Å². The van der Waals surface area contributed by atoms with Crippen molar-refractivity contribution in [1.29, 1.82) is 0 Å². The van der Waals surface area contributed by atoms with Crippen molar-refractivity contribution in [3.8, 4) is 22.6 Å². The number of carbonyl (C=O) groups is 2. The van der Waals surface area contributed by atoms with Gasteiger partial charge in [0.15, 0.2) is 11.4 Å². The zero-order valence-corrected chi connectivity index (χ0v) is 38.9. The van der Waals surface area contributed by atoms with E-state index in [2.05, 4.69) is 31.3 Å². The highest BCUT2D eigenvalue weighted by Crippen LogP contribution is 2.39. The first-order valence-corrected chi connectivity index (χ1v) is 25.4. The van der Waals surface area contributed by atoms with Gasteiger partial charge in [-0.1, -0.05) is 60.7 Å². The maximum atomic E-state index is 13.6. The summed E-state index contributed by atoms with van der Waals surface area (Å²) in [6.45, 7) is 0. The van der Waals surface area contributed by atoms with Crippen LogP contribution in [-0.2, 0) is 40.5 Å². The average Bonchev–Trinajstić information content (AvgIpc) is 3.31. The minimum Gasteiger partial charge on any atom is -0.494 e. The number of benzene rings is 6. The van der Waals surface area contributed by atoms with Gasteiger partial charge in [-0.25, -0.2) is 0 Å². The predicted octanol–water partition coefficient (Wildman–Crippen LogP) is 7.22. The number of fused-ring (bicyclic) bond motifs is 3. The largest absolute Gasteiger partial charge is 0.494 e. The summed E-state index contributed by atoms with van der Waals surface area (Å²) in [6.07, 6.45) is 1.70. The van der Waals surface area contributed by atoms with Gasteiger partial charge in [0.1, 0.15) is 36.8 Å². The molecule has 0 saturated heterocycles. The number of hydrazone groups is 2. The Kier molecular flexibility index (Phi) is 12.7. The SMILES string of the molecule is COc1cc(-c2ccc(NN=C3C(=O)c4c(cccc4S(=O)(=O)O)C=C3S(=O)(=O)O)c(OC)c2)ccc1N=Nc1ccc(NN=C2C(=O)c3c(cccc3S(=O)(=O)O)C=C2S(=O)(=O)O)c2ccccc12. The van der Waals surface area contributed by atoms with Crippen LogP contribution in [0.3, 0.4) is 0 Å². The minimum absolute atomic E-state index is 0.107. The molecule has 2 aliphatic rings. The number of allylic oxidation sites excluding steroid dienone is 2. The lowest BCUT2D eigenvalue weighted by atomic mass is 9.94. The number of carbonyl (C=O) groups excluding carboxylic acids is 2. The third-order valence-corrected chi connectivity index (χ3v) is 14.1. The van der Waals surface area contributed by atoms with Gasteiger partial charge < -0.3 is 9.47 Å². The highest BCUT2D eigenvalue weighted by molar-refractivity contribution is 7.91. The van der Waals surface area contributed by atoms with Gasteiger partial charge in [-0.15, -0.1) is 10.2 Å². The number of ether oxygens (including phenoxy) is 2. The van der Waals surface area contributed by atoms with E-state index in [0.29, 0.717) is 27.6 Å². The van der Waals surface area contributed by atoms with E-state index < -0.39 is 94.2 Å². The van der Waals surface area contributed by atoms with Crippen LogP contribution in [0.25, 0.3) is 34.1 Å². The molecule has 6 aromatic carbocycles. The van der Waals surface area contributed by atoms with Gasteiger partial charge in [-0.3, -0.25) is 38.7 Å². The summed E-state index contributed by atoms with van der Waals surface area (Å²) in [5.41, 5.74) is 4.02. The fraction of sp³-hybridized carbons (Fsp3) is 0.0455. The van der Waals surface area contributed by atoms with Crippen molar-refractivity contribution >= 4 is 109 Å². The molecule has 0 radical (unpaired) electrons. The molecule has 0 heterocycles. The van der Waals surface area contributed by atoms with Gasteiger partial charge in [-0.2, -0.15) is 43.9 Å². The number of hydrogen-bond donors (Lipinski definition) is 6. The molecular weight excluding hydrogens is 997 g/mol. The Bertz CT molecular complexity index is 3910. The number of ketones is 2. The fourth-order valence-electron chi connectivity index (χ4n) is 7.45. The third kappa shape index (κ3) is 9.47. The Morgan fingerprint density at radius 3 is 1.41 bits per heavy atom. The lowest BCUT2D eigenvalue weighted by Crippen LogP contribution is -2.28. The van der Waals surface area contributed by atoms with Crippen molar-refractivity contribution < 1.29 is 70.9 Å². The Morgan fingerprint density at radius 2 is 0.914 bits per heavy atom. The first-order valence-electron chi connectivity index (χ1n) is 19.7. The summed E-state index contributed by atoms with van der Waals surface area (Å²) in [5, 5.41) is 17.7. The molecule has 26 heteroatoms. The van der Waals surface area contributed by atoms with Crippen LogP contribution in [0.1, 0.15) is 31.8 Å². The van der Waals surface area contributed by atoms with E-state index >= 15 is 0 Å². The van der Waals surface area contributed by atoms with Crippen molar-refractivity contribution in [1.82, 2.24) is 0 Å². The molecule has 0 aromatic heterocycles. The first-order chi connectivity index (χ1) is 33.0. The normalized spacial score (nSPS) is 15.4. The second kappa shape index (κ2) is 18.3. The molecule has 0 fully saturated rings.